The van der Waals surface area contributed by atoms with Crippen molar-refractivity contribution in [3.8, 4) is 0 Å². The molecular weight excluding hydrogens is 322 g/mol. The van der Waals surface area contributed by atoms with Crippen molar-refractivity contribution in [2.75, 3.05) is 20.2 Å². The van der Waals surface area contributed by atoms with Crippen LogP contribution in [0, 0.1) is 0 Å². The summed E-state index contributed by atoms with van der Waals surface area (Å²) in [6.45, 7) is 1.32. The average Bonchev–Trinajstić information content (AvgIpc) is 2.88. The Morgan fingerprint density at radius 2 is 2.23 bits per heavy atom. The number of methoxy groups -OCH3 is 1. The maximum Gasteiger partial charge on any atom is 0.327 e. The van der Waals surface area contributed by atoms with E-state index in [1.54, 1.807) is 12.1 Å². The molecule has 1 aromatic carbocycles. The lowest BCUT2D eigenvalue weighted by molar-refractivity contribution is -0.147. The highest BCUT2D eigenvalue weighted by atomic mass is 35.5. The molecule has 2 atom stereocenters. The number of rotatable bonds is 3. The van der Waals surface area contributed by atoms with Crippen LogP contribution in [-0.4, -0.2) is 41.4 Å². The molecule has 0 N–H and O–H groups in total. The Labute approximate surface area is 138 Å². The zero-order chi connectivity index (χ0) is 15.7. The van der Waals surface area contributed by atoms with E-state index in [-0.39, 0.29) is 16.3 Å². The SMILES string of the molecule is COC(=O)[C@@H](c1ccccc1Cl)N1CC[C@@H]2SC(=O)C=C2C1. The van der Waals surface area contributed by atoms with Crippen LogP contribution < -0.4 is 0 Å². The van der Waals surface area contributed by atoms with Gasteiger partial charge < -0.3 is 4.74 Å². The van der Waals surface area contributed by atoms with Crippen LogP contribution in [0.15, 0.2) is 35.9 Å². The fourth-order valence-corrected chi connectivity index (χ4v) is 4.24. The molecule has 0 saturated carbocycles. The summed E-state index contributed by atoms with van der Waals surface area (Å²) in [5.74, 6) is -0.330. The Morgan fingerprint density at radius 1 is 1.45 bits per heavy atom. The molecule has 1 saturated heterocycles. The highest BCUT2D eigenvalue weighted by Crippen LogP contribution is 2.38. The van der Waals surface area contributed by atoms with Crippen molar-refractivity contribution in [2.24, 2.45) is 0 Å². The van der Waals surface area contributed by atoms with Gasteiger partial charge in [-0.3, -0.25) is 9.69 Å². The van der Waals surface area contributed by atoms with Gasteiger partial charge in [0.2, 0.25) is 5.12 Å². The van der Waals surface area contributed by atoms with Gasteiger partial charge in [-0.2, -0.15) is 0 Å². The van der Waals surface area contributed by atoms with E-state index < -0.39 is 6.04 Å². The normalized spacial score (nSPS) is 22.9. The molecule has 3 rings (SSSR count). The summed E-state index contributed by atoms with van der Waals surface area (Å²) in [6, 6.07) is 6.77. The van der Waals surface area contributed by atoms with Crippen LogP contribution >= 0.6 is 23.4 Å². The largest absolute Gasteiger partial charge is 0.468 e. The van der Waals surface area contributed by atoms with Crippen LogP contribution in [0.5, 0.6) is 0 Å². The van der Waals surface area contributed by atoms with E-state index in [1.165, 1.54) is 18.9 Å². The first-order valence-corrected chi connectivity index (χ1v) is 8.33. The highest BCUT2D eigenvalue weighted by Gasteiger charge is 2.37. The van der Waals surface area contributed by atoms with Gasteiger partial charge in [0.1, 0.15) is 6.04 Å². The summed E-state index contributed by atoms with van der Waals surface area (Å²) >= 11 is 7.64. The van der Waals surface area contributed by atoms with Gasteiger partial charge in [-0.1, -0.05) is 41.6 Å². The lowest BCUT2D eigenvalue weighted by Gasteiger charge is -2.36. The number of fused-ring (bicyclic) bond motifs is 1. The third-order valence-electron chi connectivity index (χ3n) is 4.03. The number of carbonyl (C=O) groups excluding carboxylic acids is 2. The molecule has 0 aliphatic carbocycles. The summed E-state index contributed by atoms with van der Waals surface area (Å²) in [6.07, 6.45) is 2.54. The molecule has 6 heteroatoms. The minimum atomic E-state index is -0.541. The van der Waals surface area contributed by atoms with Gasteiger partial charge in [-0.15, -0.1) is 0 Å². The summed E-state index contributed by atoms with van der Waals surface area (Å²) in [7, 11) is 1.38. The molecule has 4 nitrogen and oxygen atoms in total. The van der Waals surface area contributed by atoms with Gasteiger partial charge in [0.05, 0.1) is 7.11 Å². The summed E-state index contributed by atoms with van der Waals surface area (Å²) < 4.78 is 4.98. The molecule has 0 spiro atoms. The second kappa shape index (κ2) is 6.44. The first kappa shape index (κ1) is 15.6. The fourth-order valence-electron chi connectivity index (χ4n) is 2.98. The van der Waals surface area contributed by atoms with E-state index >= 15 is 0 Å². The van der Waals surface area contributed by atoms with E-state index in [0.717, 1.165) is 24.1 Å². The molecule has 2 aliphatic heterocycles. The molecule has 2 heterocycles. The van der Waals surface area contributed by atoms with Crippen LogP contribution in [0.25, 0.3) is 0 Å². The second-order valence-electron chi connectivity index (χ2n) is 5.35. The Kier molecular flexibility index (Phi) is 4.57. The number of piperidine rings is 1. The second-order valence-corrected chi connectivity index (χ2v) is 6.97. The molecule has 1 aromatic rings. The number of ether oxygens (including phenoxy) is 1. The number of carbonyl (C=O) groups is 2. The number of halogens is 1. The lowest BCUT2D eigenvalue weighted by Crippen LogP contribution is -2.42. The molecule has 116 valence electrons. The van der Waals surface area contributed by atoms with Gasteiger partial charge in [0.25, 0.3) is 0 Å². The zero-order valence-electron chi connectivity index (χ0n) is 12.1. The molecule has 0 unspecified atom stereocenters. The van der Waals surface area contributed by atoms with Gasteiger partial charge in [0, 0.05) is 23.4 Å². The van der Waals surface area contributed by atoms with Crippen molar-refractivity contribution in [1.29, 1.82) is 0 Å². The monoisotopic (exact) mass is 337 g/mol. The predicted octanol–water partition coefficient (Wildman–Crippen LogP) is 2.83. The number of benzene rings is 1. The van der Waals surface area contributed by atoms with Gasteiger partial charge in [-0.25, -0.2) is 4.79 Å². The third-order valence-corrected chi connectivity index (χ3v) is 5.55. The highest BCUT2D eigenvalue weighted by molar-refractivity contribution is 8.15. The van der Waals surface area contributed by atoms with Crippen LogP contribution in [0.1, 0.15) is 18.0 Å². The minimum absolute atomic E-state index is 0.106. The Hall–Kier alpha value is -1.30. The van der Waals surface area contributed by atoms with Crippen molar-refractivity contribution >= 4 is 34.4 Å². The number of likely N-dealkylation sites (tertiary alicyclic amines) is 1. The molecular formula is C16H16ClNO3S. The van der Waals surface area contributed by atoms with E-state index in [0.29, 0.717) is 11.6 Å². The standard InChI is InChI=1S/C16H16ClNO3S/c1-21-16(20)15(11-4-2-3-5-12(11)17)18-7-6-13-10(9-18)8-14(19)22-13/h2-5,8,13,15H,6-7,9H2,1H3/t13-,15+/m0/s1. The molecule has 0 aromatic heterocycles. The molecule has 0 radical (unpaired) electrons. The van der Waals surface area contributed by atoms with Crippen molar-refractivity contribution in [3.63, 3.8) is 0 Å². The smallest absolute Gasteiger partial charge is 0.327 e. The molecule has 0 amide bonds. The first-order valence-electron chi connectivity index (χ1n) is 7.07. The van der Waals surface area contributed by atoms with E-state index in [4.69, 9.17) is 16.3 Å². The molecule has 22 heavy (non-hydrogen) atoms. The van der Waals surface area contributed by atoms with Gasteiger partial charge >= 0.3 is 5.97 Å². The predicted molar refractivity (Wildman–Crippen MR) is 86.9 cm³/mol. The van der Waals surface area contributed by atoms with Crippen LogP contribution in [0.3, 0.4) is 0 Å². The van der Waals surface area contributed by atoms with Crippen molar-refractivity contribution in [2.45, 2.75) is 17.7 Å². The Balaban J connectivity index is 1.91. The number of nitrogens with zero attached hydrogens (tertiary/aromatic N) is 1. The summed E-state index contributed by atoms with van der Waals surface area (Å²) in [5.41, 5.74) is 1.83. The first-order chi connectivity index (χ1) is 10.6. The third kappa shape index (κ3) is 2.93. The Morgan fingerprint density at radius 3 is 2.95 bits per heavy atom. The molecule has 0 bridgehead atoms. The quantitative estimate of drug-likeness (QED) is 0.794. The summed E-state index contributed by atoms with van der Waals surface area (Å²) in [5, 5.41) is 0.911. The van der Waals surface area contributed by atoms with Gasteiger partial charge in [-0.05, 0) is 29.7 Å². The fraction of sp³-hybridized carbons (Fsp3) is 0.375. The van der Waals surface area contributed by atoms with Crippen LogP contribution in [0.2, 0.25) is 5.02 Å². The van der Waals surface area contributed by atoms with E-state index in [2.05, 4.69) is 0 Å². The number of thioether (sulfide) groups is 1. The van der Waals surface area contributed by atoms with E-state index in [9.17, 15) is 9.59 Å². The average molecular weight is 338 g/mol. The van der Waals surface area contributed by atoms with Crippen molar-refractivity contribution in [1.82, 2.24) is 4.90 Å². The van der Waals surface area contributed by atoms with Crippen LogP contribution in [0.4, 0.5) is 0 Å². The number of esters is 1. The number of hydrogen-bond acceptors (Lipinski definition) is 5. The van der Waals surface area contributed by atoms with E-state index in [1.807, 2.05) is 23.1 Å². The number of hydrogen-bond donors (Lipinski definition) is 0. The summed E-state index contributed by atoms with van der Waals surface area (Å²) in [4.78, 5) is 25.9. The zero-order valence-corrected chi connectivity index (χ0v) is 13.7. The lowest BCUT2D eigenvalue weighted by atomic mass is 9.98. The molecule has 2 aliphatic rings. The molecule has 1 fully saturated rings. The van der Waals surface area contributed by atoms with Crippen molar-refractivity contribution in [3.05, 3.63) is 46.5 Å². The van der Waals surface area contributed by atoms with Crippen molar-refractivity contribution < 1.29 is 14.3 Å². The topological polar surface area (TPSA) is 46.6 Å². The Bertz CT molecular complexity index is 646. The maximum atomic E-state index is 12.3. The van der Waals surface area contributed by atoms with Crippen LogP contribution in [-0.2, 0) is 14.3 Å². The minimum Gasteiger partial charge on any atom is -0.468 e. The maximum absolute atomic E-state index is 12.3. The van der Waals surface area contributed by atoms with Gasteiger partial charge in [0.15, 0.2) is 0 Å².